The molecule has 18 heavy (non-hydrogen) atoms. The van der Waals surface area contributed by atoms with Crippen molar-refractivity contribution >= 4 is 5.97 Å². The molecule has 0 spiro atoms. The highest BCUT2D eigenvalue weighted by atomic mass is 16.5. The number of esters is 1. The first-order valence-electron chi connectivity index (χ1n) is 6.31. The Labute approximate surface area is 106 Å². The Kier molecular flexibility index (Phi) is 3.96. The molecule has 0 bridgehead atoms. The third-order valence-corrected chi connectivity index (χ3v) is 3.25. The fourth-order valence-corrected chi connectivity index (χ4v) is 2.30. The lowest BCUT2D eigenvalue weighted by Gasteiger charge is -2.12. The molecule has 2 rings (SSSR count). The van der Waals surface area contributed by atoms with Crippen molar-refractivity contribution in [1.82, 2.24) is 15.0 Å². The van der Waals surface area contributed by atoms with Crippen LogP contribution in [0.2, 0.25) is 0 Å². The largest absolute Gasteiger partial charge is 0.464 e. The number of rotatable bonds is 4. The molecule has 0 aromatic carbocycles. The van der Waals surface area contributed by atoms with Crippen molar-refractivity contribution in [3.8, 4) is 0 Å². The van der Waals surface area contributed by atoms with Crippen molar-refractivity contribution in [1.29, 1.82) is 0 Å². The number of hydrogen-bond acceptors (Lipinski definition) is 5. The molecule has 1 aromatic heterocycles. The first-order chi connectivity index (χ1) is 8.65. The average Bonchev–Trinajstić information content (AvgIpc) is 2.95. The molecule has 2 unspecified atom stereocenters. The second kappa shape index (κ2) is 5.48. The van der Waals surface area contributed by atoms with E-state index in [1.54, 1.807) is 4.68 Å². The lowest BCUT2D eigenvalue weighted by molar-refractivity contribution is 0.0428. The molecule has 0 N–H and O–H groups in total. The Morgan fingerprint density at radius 1 is 1.56 bits per heavy atom. The maximum absolute atomic E-state index is 11.5. The van der Waals surface area contributed by atoms with E-state index in [4.69, 9.17) is 9.47 Å². The van der Waals surface area contributed by atoms with Crippen LogP contribution in [0.4, 0.5) is 0 Å². The van der Waals surface area contributed by atoms with Gasteiger partial charge in [0.15, 0.2) is 5.69 Å². The summed E-state index contributed by atoms with van der Waals surface area (Å²) in [5.41, 5.74) is 1.12. The van der Waals surface area contributed by atoms with Gasteiger partial charge in [-0.1, -0.05) is 12.1 Å². The topological polar surface area (TPSA) is 66.2 Å². The number of methoxy groups -OCH3 is 1. The van der Waals surface area contributed by atoms with Gasteiger partial charge in [0.25, 0.3) is 0 Å². The zero-order chi connectivity index (χ0) is 13.1. The van der Waals surface area contributed by atoms with Gasteiger partial charge >= 0.3 is 5.97 Å². The van der Waals surface area contributed by atoms with Gasteiger partial charge in [-0.05, 0) is 26.2 Å². The zero-order valence-corrected chi connectivity index (χ0v) is 11.0. The molecule has 1 saturated heterocycles. The van der Waals surface area contributed by atoms with Crippen molar-refractivity contribution in [3.63, 3.8) is 0 Å². The summed E-state index contributed by atoms with van der Waals surface area (Å²) in [4.78, 5) is 11.5. The Hall–Kier alpha value is -1.43. The second-order valence-electron chi connectivity index (χ2n) is 4.56. The van der Waals surface area contributed by atoms with Gasteiger partial charge in [0, 0.05) is 0 Å². The summed E-state index contributed by atoms with van der Waals surface area (Å²) >= 11 is 0. The van der Waals surface area contributed by atoms with Gasteiger partial charge in [-0.2, -0.15) is 0 Å². The molecule has 6 heteroatoms. The zero-order valence-electron chi connectivity index (χ0n) is 11.0. The van der Waals surface area contributed by atoms with Gasteiger partial charge < -0.3 is 9.47 Å². The maximum atomic E-state index is 11.5. The van der Waals surface area contributed by atoms with Crippen molar-refractivity contribution in [3.05, 3.63) is 11.4 Å². The predicted molar refractivity (Wildman–Crippen MR) is 64.3 cm³/mol. The maximum Gasteiger partial charge on any atom is 0.360 e. The van der Waals surface area contributed by atoms with Crippen LogP contribution in [0.25, 0.3) is 0 Å². The molecule has 1 aliphatic rings. The SMILES string of the molecule is CCc1c(C(=O)OC)nnn1CC1CCC(C)O1. The number of aromatic nitrogens is 3. The molecule has 2 heterocycles. The number of nitrogens with zero attached hydrogens (tertiary/aromatic N) is 3. The predicted octanol–water partition coefficient (Wildman–Crippen LogP) is 1.19. The van der Waals surface area contributed by atoms with Crippen LogP contribution in [-0.4, -0.2) is 40.3 Å². The lowest BCUT2D eigenvalue weighted by atomic mass is 10.2. The molecular formula is C12H19N3O3. The molecule has 0 amide bonds. The summed E-state index contributed by atoms with van der Waals surface area (Å²) in [5.74, 6) is -0.432. The van der Waals surface area contributed by atoms with Gasteiger partial charge in [-0.3, -0.25) is 0 Å². The van der Waals surface area contributed by atoms with E-state index in [-0.39, 0.29) is 6.10 Å². The van der Waals surface area contributed by atoms with Crippen LogP contribution in [-0.2, 0) is 22.4 Å². The first kappa shape index (κ1) is 13.0. The van der Waals surface area contributed by atoms with E-state index < -0.39 is 5.97 Å². The average molecular weight is 253 g/mol. The van der Waals surface area contributed by atoms with E-state index in [1.807, 2.05) is 6.92 Å². The number of carbonyl (C=O) groups is 1. The molecule has 1 aliphatic heterocycles. The highest BCUT2D eigenvalue weighted by Gasteiger charge is 2.25. The fourth-order valence-electron chi connectivity index (χ4n) is 2.30. The van der Waals surface area contributed by atoms with Gasteiger partial charge in [-0.15, -0.1) is 5.10 Å². The molecule has 1 fully saturated rings. The summed E-state index contributed by atoms with van der Waals surface area (Å²) in [5, 5.41) is 7.93. The summed E-state index contributed by atoms with van der Waals surface area (Å²) in [6.07, 6.45) is 3.27. The number of hydrogen-bond donors (Lipinski definition) is 0. The minimum absolute atomic E-state index is 0.164. The van der Waals surface area contributed by atoms with Crippen LogP contribution < -0.4 is 0 Å². The van der Waals surface area contributed by atoms with Gasteiger partial charge in [0.05, 0.1) is 31.6 Å². The Morgan fingerprint density at radius 2 is 2.33 bits per heavy atom. The Balaban J connectivity index is 2.13. The number of carbonyl (C=O) groups excluding carboxylic acids is 1. The third kappa shape index (κ3) is 2.53. The molecule has 0 saturated carbocycles. The summed E-state index contributed by atoms with van der Waals surface area (Å²) in [6, 6.07) is 0. The molecule has 1 aromatic rings. The van der Waals surface area contributed by atoms with Crippen molar-refractivity contribution in [2.45, 2.75) is 51.9 Å². The van der Waals surface area contributed by atoms with E-state index in [1.165, 1.54) is 7.11 Å². The monoisotopic (exact) mass is 253 g/mol. The smallest absolute Gasteiger partial charge is 0.360 e. The third-order valence-electron chi connectivity index (χ3n) is 3.25. The second-order valence-corrected chi connectivity index (χ2v) is 4.56. The standard InChI is InChI=1S/C12H19N3O3/c1-4-10-11(12(16)17-3)13-14-15(10)7-9-6-5-8(2)18-9/h8-9H,4-7H2,1-3H3. The molecule has 2 atom stereocenters. The summed E-state index contributed by atoms with van der Waals surface area (Å²) < 4.78 is 12.2. The van der Waals surface area contributed by atoms with E-state index >= 15 is 0 Å². The van der Waals surface area contributed by atoms with E-state index in [0.717, 1.165) is 18.5 Å². The van der Waals surface area contributed by atoms with Crippen molar-refractivity contribution in [2.75, 3.05) is 7.11 Å². The van der Waals surface area contributed by atoms with Gasteiger partial charge in [-0.25, -0.2) is 9.48 Å². The van der Waals surface area contributed by atoms with E-state index in [9.17, 15) is 4.79 Å². The quantitative estimate of drug-likeness (QED) is 0.754. The van der Waals surface area contributed by atoms with Gasteiger partial charge in [0.1, 0.15) is 0 Å². The Bertz CT molecular complexity index is 430. The van der Waals surface area contributed by atoms with E-state index in [2.05, 4.69) is 17.2 Å². The summed E-state index contributed by atoms with van der Waals surface area (Å²) in [6.45, 7) is 4.69. The normalized spacial score (nSPS) is 23.3. The molecule has 6 nitrogen and oxygen atoms in total. The lowest BCUT2D eigenvalue weighted by Crippen LogP contribution is -2.19. The van der Waals surface area contributed by atoms with E-state index in [0.29, 0.717) is 24.8 Å². The highest BCUT2D eigenvalue weighted by molar-refractivity contribution is 5.88. The summed E-state index contributed by atoms with van der Waals surface area (Å²) in [7, 11) is 1.35. The van der Waals surface area contributed by atoms with Crippen molar-refractivity contribution in [2.24, 2.45) is 0 Å². The molecular weight excluding hydrogens is 234 g/mol. The van der Waals surface area contributed by atoms with Gasteiger partial charge in [0.2, 0.25) is 0 Å². The minimum atomic E-state index is -0.432. The van der Waals surface area contributed by atoms with Crippen molar-refractivity contribution < 1.29 is 14.3 Å². The van der Waals surface area contributed by atoms with Crippen LogP contribution in [0.15, 0.2) is 0 Å². The minimum Gasteiger partial charge on any atom is -0.464 e. The van der Waals surface area contributed by atoms with Crippen LogP contribution in [0, 0.1) is 0 Å². The van der Waals surface area contributed by atoms with Crippen LogP contribution in [0.5, 0.6) is 0 Å². The highest BCUT2D eigenvalue weighted by Crippen LogP contribution is 2.21. The first-order valence-corrected chi connectivity index (χ1v) is 6.31. The molecule has 100 valence electrons. The molecule has 0 radical (unpaired) electrons. The Morgan fingerprint density at radius 3 is 2.89 bits per heavy atom. The molecule has 0 aliphatic carbocycles. The van der Waals surface area contributed by atoms with Crippen LogP contribution >= 0.6 is 0 Å². The van der Waals surface area contributed by atoms with Crippen LogP contribution in [0.1, 0.15) is 42.9 Å². The fraction of sp³-hybridized carbons (Fsp3) is 0.750. The van der Waals surface area contributed by atoms with Crippen LogP contribution in [0.3, 0.4) is 0 Å². The number of ether oxygens (including phenoxy) is 2.